The van der Waals surface area contributed by atoms with E-state index in [-0.39, 0.29) is 5.41 Å². The van der Waals surface area contributed by atoms with E-state index in [0.717, 1.165) is 18.1 Å². The molecule has 1 atom stereocenters. The van der Waals surface area contributed by atoms with Gasteiger partial charge in [0.15, 0.2) is 11.6 Å². The second-order valence-electron chi connectivity index (χ2n) is 4.36. The number of benzene rings is 1. The molecule has 0 N–H and O–H groups in total. The first-order chi connectivity index (χ1) is 7.65. The van der Waals surface area contributed by atoms with Gasteiger partial charge in [-0.2, -0.15) is 0 Å². The van der Waals surface area contributed by atoms with Gasteiger partial charge in [0, 0.05) is 17.9 Å². The molecule has 0 spiro atoms. The molecule has 0 saturated carbocycles. The van der Waals surface area contributed by atoms with Crippen molar-refractivity contribution in [3.8, 4) is 0 Å². The minimum Gasteiger partial charge on any atom is -0.381 e. The number of hydrogen-bond donors (Lipinski definition) is 0. The van der Waals surface area contributed by atoms with Crippen molar-refractivity contribution in [2.45, 2.75) is 12.8 Å². The molecule has 1 fully saturated rings. The first-order valence-electron chi connectivity index (χ1n) is 5.23. The van der Waals surface area contributed by atoms with Crippen LogP contribution >= 0.6 is 11.6 Å². The van der Waals surface area contributed by atoms with E-state index in [1.165, 1.54) is 6.07 Å². The maximum atomic E-state index is 13.0. The summed E-state index contributed by atoms with van der Waals surface area (Å²) >= 11 is 5.94. The van der Waals surface area contributed by atoms with Crippen molar-refractivity contribution in [3.63, 3.8) is 0 Å². The van der Waals surface area contributed by atoms with Crippen LogP contribution in [0.25, 0.3) is 0 Å². The van der Waals surface area contributed by atoms with E-state index in [2.05, 4.69) is 0 Å². The summed E-state index contributed by atoms with van der Waals surface area (Å²) in [5.74, 6) is -1.14. The van der Waals surface area contributed by atoms with Crippen LogP contribution in [0.5, 0.6) is 0 Å². The van der Waals surface area contributed by atoms with Gasteiger partial charge in [0.2, 0.25) is 0 Å². The van der Waals surface area contributed by atoms with E-state index < -0.39 is 11.6 Å². The van der Waals surface area contributed by atoms with Gasteiger partial charge in [0.25, 0.3) is 0 Å². The zero-order valence-electron chi connectivity index (χ0n) is 8.81. The Labute approximate surface area is 98.4 Å². The van der Waals surface area contributed by atoms with E-state index in [1.807, 2.05) is 0 Å². The Balaban J connectivity index is 2.16. The topological polar surface area (TPSA) is 9.23 Å². The van der Waals surface area contributed by atoms with Crippen molar-refractivity contribution < 1.29 is 13.5 Å². The lowest BCUT2D eigenvalue weighted by atomic mass is 9.83. The lowest BCUT2D eigenvalue weighted by Crippen LogP contribution is -2.26. The molecule has 1 unspecified atom stereocenters. The predicted molar refractivity (Wildman–Crippen MR) is 58.7 cm³/mol. The third-order valence-electron chi connectivity index (χ3n) is 3.03. The summed E-state index contributed by atoms with van der Waals surface area (Å²) in [6.07, 6.45) is 1.50. The summed E-state index contributed by atoms with van der Waals surface area (Å²) in [5, 5.41) is 0. The molecule has 0 radical (unpaired) electrons. The summed E-state index contributed by atoms with van der Waals surface area (Å²) in [6, 6.07) is 4.00. The molecule has 1 heterocycles. The van der Waals surface area contributed by atoms with Crippen molar-refractivity contribution in [1.29, 1.82) is 0 Å². The molecule has 1 aromatic rings. The molecule has 4 heteroatoms. The van der Waals surface area contributed by atoms with Crippen LogP contribution in [0.1, 0.15) is 12.0 Å². The molecule has 1 aromatic carbocycles. The van der Waals surface area contributed by atoms with Gasteiger partial charge in [-0.15, -0.1) is 11.6 Å². The molecule has 0 aliphatic carbocycles. The fourth-order valence-electron chi connectivity index (χ4n) is 2.02. The van der Waals surface area contributed by atoms with Gasteiger partial charge < -0.3 is 4.74 Å². The molecular weight excluding hydrogens is 234 g/mol. The molecule has 0 bridgehead atoms. The maximum absolute atomic E-state index is 13.0. The Morgan fingerprint density at radius 1 is 1.31 bits per heavy atom. The lowest BCUT2D eigenvalue weighted by Gasteiger charge is -2.24. The second-order valence-corrected chi connectivity index (χ2v) is 4.63. The second kappa shape index (κ2) is 4.68. The highest BCUT2D eigenvalue weighted by atomic mass is 35.5. The quantitative estimate of drug-likeness (QED) is 0.745. The van der Waals surface area contributed by atoms with Crippen LogP contribution in [-0.4, -0.2) is 19.1 Å². The van der Waals surface area contributed by atoms with Crippen LogP contribution in [0.15, 0.2) is 18.2 Å². The molecule has 1 nitrogen and oxygen atoms in total. The average Bonchev–Trinajstić information content (AvgIpc) is 2.73. The Morgan fingerprint density at radius 3 is 2.69 bits per heavy atom. The zero-order valence-corrected chi connectivity index (χ0v) is 9.57. The third-order valence-corrected chi connectivity index (χ3v) is 3.60. The molecule has 2 rings (SSSR count). The van der Waals surface area contributed by atoms with Crippen molar-refractivity contribution in [2.24, 2.45) is 5.41 Å². The first-order valence-corrected chi connectivity index (χ1v) is 5.76. The SMILES string of the molecule is Fc1ccc(CC2(CCl)CCOC2)cc1F. The van der Waals surface area contributed by atoms with E-state index in [4.69, 9.17) is 16.3 Å². The first kappa shape index (κ1) is 11.8. The fourth-order valence-corrected chi connectivity index (χ4v) is 2.33. The molecular formula is C12H13ClF2O. The normalized spacial score (nSPS) is 24.9. The van der Waals surface area contributed by atoms with Crippen molar-refractivity contribution in [1.82, 2.24) is 0 Å². The molecule has 0 amide bonds. The number of halogens is 3. The van der Waals surface area contributed by atoms with Crippen LogP contribution in [0.3, 0.4) is 0 Å². The van der Waals surface area contributed by atoms with Gasteiger partial charge >= 0.3 is 0 Å². The Bertz CT molecular complexity index is 375. The van der Waals surface area contributed by atoms with Gasteiger partial charge in [-0.3, -0.25) is 0 Å². The molecule has 0 aromatic heterocycles. The van der Waals surface area contributed by atoms with Crippen molar-refractivity contribution >= 4 is 11.6 Å². The third kappa shape index (κ3) is 2.36. The zero-order chi connectivity index (χ0) is 11.6. The number of hydrogen-bond acceptors (Lipinski definition) is 1. The van der Waals surface area contributed by atoms with Crippen LogP contribution in [0.2, 0.25) is 0 Å². The van der Waals surface area contributed by atoms with Crippen LogP contribution in [-0.2, 0) is 11.2 Å². The van der Waals surface area contributed by atoms with Crippen LogP contribution < -0.4 is 0 Å². The molecule has 1 aliphatic rings. The smallest absolute Gasteiger partial charge is 0.159 e. The monoisotopic (exact) mass is 246 g/mol. The highest BCUT2D eigenvalue weighted by Crippen LogP contribution is 2.34. The lowest BCUT2D eigenvalue weighted by molar-refractivity contribution is 0.161. The summed E-state index contributed by atoms with van der Waals surface area (Å²) in [6.45, 7) is 1.28. The van der Waals surface area contributed by atoms with Gasteiger partial charge in [0.05, 0.1) is 6.61 Å². The highest BCUT2D eigenvalue weighted by molar-refractivity contribution is 6.18. The number of rotatable bonds is 3. The van der Waals surface area contributed by atoms with Gasteiger partial charge in [-0.1, -0.05) is 6.07 Å². The minimum atomic E-state index is -0.814. The maximum Gasteiger partial charge on any atom is 0.159 e. The minimum absolute atomic E-state index is 0.119. The molecule has 1 aliphatic heterocycles. The molecule has 1 saturated heterocycles. The Hall–Kier alpha value is -0.670. The summed E-state index contributed by atoms with van der Waals surface area (Å²) in [7, 11) is 0. The number of alkyl halides is 1. The average molecular weight is 247 g/mol. The summed E-state index contributed by atoms with van der Waals surface area (Å²) in [4.78, 5) is 0. The summed E-state index contributed by atoms with van der Waals surface area (Å²) < 4.78 is 31.1. The predicted octanol–water partition coefficient (Wildman–Crippen LogP) is 3.15. The van der Waals surface area contributed by atoms with Crippen molar-refractivity contribution in [3.05, 3.63) is 35.4 Å². The molecule has 16 heavy (non-hydrogen) atoms. The van der Waals surface area contributed by atoms with Gasteiger partial charge in [-0.05, 0) is 30.5 Å². The van der Waals surface area contributed by atoms with E-state index in [9.17, 15) is 8.78 Å². The fraction of sp³-hybridized carbons (Fsp3) is 0.500. The largest absolute Gasteiger partial charge is 0.381 e. The number of ether oxygens (including phenoxy) is 1. The Morgan fingerprint density at radius 2 is 2.12 bits per heavy atom. The van der Waals surface area contributed by atoms with E-state index in [1.54, 1.807) is 6.07 Å². The van der Waals surface area contributed by atoms with Crippen molar-refractivity contribution in [2.75, 3.05) is 19.1 Å². The highest BCUT2D eigenvalue weighted by Gasteiger charge is 2.34. The summed E-state index contributed by atoms with van der Waals surface area (Å²) in [5.41, 5.74) is 0.649. The van der Waals surface area contributed by atoms with Crippen LogP contribution in [0, 0.1) is 17.0 Å². The van der Waals surface area contributed by atoms with Gasteiger partial charge in [0.1, 0.15) is 0 Å². The van der Waals surface area contributed by atoms with Gasteiger partial charge in [-0.25, -0.2) is 8.78 Å². The van der Waals surface area contributed by atoms with E-state index in [0.29, 0.717) is 25.5 Å². The standard InChI is InChI=1S/C12H13ClF2O/c13-7-12(3-4-16-8-12)6-9-1-2-10(14)11(15)5-9/h1-2,5H,3-4,6-8H2. The molecule has 88 valence electrons. The van der Waals surface area contributed by atoms with E-state index >= 15 is 0 Å². The Kier molecular flexibility index (Phi) is 3.45. The van der Waals surface area contributed by atoms with Crippen LogP contribution in [0.4, 0.5) is 8.78 Å².